The first-order chi connectivity index (χ1) is 13.6. The van der Waals surface area contributed by atoms with Gasteiger partial charge in [0.05, 0.1) is 19.8 Å². The zero-order chi connectivity index (χ0) is 19.9. The van der Waals surface area contributed by atoms with Crippen LogP contribution in [0, 0.1) is 0 Å². The van der Waals surface area contributed by atoms with Gasteiger partial charge < -0.3 is 19.5 Å². The summed E-state index contributed by atoms with van der Waals surface area (Å²) in [4.78, 5) is 12.8. The minimum Gasteiger partial charge on any atom is -0.497 e. The molecule has 0 aliphatic rings. The van der Waals surface area contributed by atoms with E-state index < -0.39 is 0 Å². The van der Waals surface area contributed by atoms with Crippen molar-refractivity contribution in [2.75, 3.05) is 19.5 Å². The number of ether oxygens (including phenoxy) is 3. The van der Waals surface area contributed by atoms with Crippen LogP contribution in [0.2, 0.25) is 5.02 Å². The van der Waals surface area contributed by atoms with Crippen LogP contribution in [0.15, 0.2) is 66.7 Å². The van der Waals surface area contributed by atoms with Gasteiger partial charge in [-0.25, -0.2) is 0 Å². The summed E-state index contributed by atoms with van der Waals surface area (Å²) in [5.74, 6) is 1.37. The highest BCUT2D eigenvalue weighted by Gasteiger charge is 2.14. The van der Waals surface area contributed by atoms with Crippen LogP contribution >= 0.6 is 11.6 Å². The van der Waals surface area contributed by atoms with Crippen molar-refractivity contribution in [3.63, 3.8) is 0 Å². The van der Waals surface area contributed by atoms with Gasteiger partial charge in [-0.15, -0.1) is 0 Å². The van der Waals surface area contributed by atoms with Crippen LogP contribution < -0.4 is 19.5 Å². The Bertz CT molecular complexity index is 935. The maximum absolute atomic E-state index is 12.8. The Hall–Kier alpha value is -3.18. The minimum absolute atomic E-state index is 0.290. The lowest BCUT2D eigenvalue weighted by atomic mass is 10.1. The molecule has 0 unspecified atom stereocenters. The number of halogens is 1. The normalized spacial score (nSPS) is 10.2. The minimum atomic E-state index is -0.290. The topological polar surface area (TPSA) is 56.8 Å². The van der Waals surface area contributed by atoms with Gasteiger partial charge >= 0.3 is 0 Å². The molecule has 0 saturated heterocycles. The molecule has 0 saturated carbocycles. The Morgan fingerprint density at radius 3 is 2.21 bits per heavy atom. The molecular formula is C22H20ClNO4. The number of para-hydroxylation sites is 1. The monoisotopic (exact) mass is 397 g/mol. The predicted molar refractivity (Wildman–Crippen MR) is 110 cm³/mol. The van der Waals surface area contributed by atoms with E-state index in [9.17, 15) is 4.79 Å². The zero-order valence-corrected chi connectivity index (χ0v) is 16.3. The van der Waals surface area contributed by atoms with Crippen molar-refractivity contribution in [1.29, 1.82) is 0 Å². The van der Waals surface area contributed by atoms with Crippen molar-refractivity contribution in [1.82, 2.24) is 0 Å². The number of methoxy groups -OCH3 is 2. The molecule has 3 aromatic rings. The molecule has 0 spiro atoms. The quantitative estimate of drug-likeness (QED) is 0.596. The summed E-state index contributed by atoms with van der Waals surface area (Å²) in [6.45, 7) is 0.328. The van der Waals surface area contributed by atoms with Crippen molar-refractivity contribution in [3.8, 4) is 17.2 Å². The third kappa shape index (κ3) is 4.96. The fourth-order valence-corrected chi connectivity index (χ4v) is 2.73. The fourth-order valence-electron chi connectivity index (χ4n) is 2.60. The largest absolute Gasteiger partial charge is 0.497 e. The van der Waals surface area contributed by atoms with E-state index in [0.29, 0.717) is 40.1 Å². The molecule has 0 bridgehead atoms. The number of hydrogen-bond acceptors (Lipinski definition) is 4. The Kier molecular flexibility index (Phi) is 6.40. The number of anilines is 1. The van der Waals surface area contributed by atoms with Gasteiger partial charge in [0.2, 0.25) is 0 Å². The van der Waals surface area contributed by atoms with Crippen molar-refractivity contribution >= 4 is 23.2 Å². The Morgan fingerprint density at radius 2 is 1.57 bits per heavy atom. The SMILES string of the molecule is COc1cc(NC(=O)c2ccccc2OCc2ccc(Cl)cc2)cc(OC)c1. The number of amides is 1. The molecule has 3 rings (SSSR count). The van der Waals surface area contributed by atoms with E-state index in [1.165, 1.54) is 0 Å². The van der Waals surface area contributed by atoms with E-state index in [1.807, 2.05) is 18.2 Å². The summed E-state index contributed by atoms with van der Waals surface area (Å²) in [6.07, 6.45) is 0. The number of rotatable bonds is 7. The molecule has 0 aliphatic heterocycles. The van der Waals surface area contributed by atoms with Gasteiger partial charge in [-0.1, -0.05) is 35.9 Å². The number of hydrogen-bond donors (Lipinski definition) is 1. The summed E-state index contributed by atoms with van der Waals surface area (Å²) in [5.41, 5.74) is 1.95. The zero-order valence-electron chi connectivity index (χ0n) is 15.6. The summed E-state index contributed by atoms with van der Waals surface area (Å²) in [5, 5.41) is 3.52. The second-order valence-corrected chi connectivity index (χ2v) is 6.40. The molecule has 1 N–H and O–H groups in total. The molecule has 1 amide bonds. The molecule has 6 heteroatoms. The number of benzene rings is 3. The molecule has 3 aromatic carbocycles. The van der Waals surface area contributed by atoms with Crippen LogP contribution in [0.25, 0.3) is 0 Å². The van der Waals surface area contributed by atoms with Gasteiger partial charge in [-0.2, -0.15) is 0 Å². The van der Waals surface area contributed by atoms with Crippen molar-refractivity contribution < 1.29 is 19.0 Å². The van der Waals surface area contributed by atoms with Gasteiger partial charge in [-0.3, -0.25) is 4.79 Å². The summed E-state index contributed by atoms with van der Waals surface area (Å²) >= 11 is 5.90. The van der Waals surface area contributed by atoms with Gasteiger partial charge in [-0.05, 0) is 29.8 Å². The maximum atomic E-state index is 12.8. The molecular weight excluding hydrogens is 378 g/mol. The molecule has 0 fully saturated rings. The van der Waals surface area contributed by atoms with E-state index in [0.717, 1.165) is 5.56 Å². The van der Waals surface area contributed by atoms with Gasteiger partial charge in [0.15, 0.2) is 0 Å². The first kappa shape index (κ1) is 19.6. The number of nitrogens with one attached hydrogen (secondary N) is 1. The van der Waals surface area contributed by atoms with E-state index in [-0.39, 0.29) is 5.91 Å². The van der Waals surface area contributed by atoms with Gasteiger partial charge in [0.25, 0.3) is 5.91 Å². The standard InChI is InChI=1S/C22H20ClNO4/c1-26-18-11-17(12-19(13-18)27-2)24-22(25)20-5-3-4-6-21(20)28-14-15-7-9-16(23)10-8-15/h3-13H,14H2,1-2H3,(H,24,25). The third-order valence-electron chi connectivity index (χ3n) is 4.05. The third-order valence-corrected chi connectivity index (χ3v) is 4.30. The molecule has 0 radical (unpaired) electrons. The first-order valence-corrected chi connectivity index (χ1v) is 8.97. The van der Waals surface area contributed by atoms with Crippen LogP contribution in [0.4, 0.5) is 5.69 Å². The average Bonchev–Trinajstić information content (AvgIpc) is 2.73. The van der Waals surface area contributed by atoms with Gasteiger partial charge in [0, 0.05) is 28.9 Å². The first-order valence-electron chi connectivity index (χ1n) is 8.59. The van der Waals surface area contributed by atoms with Crippen molar-refractivity contribution in [2.45, 2.75) is 6.61 Å². The lowest BCUT2D eigenvalue weighted by Crippen LogP contribution is -2.14. The van der Waals surface area contributed by atoms with Crippen LogP contribution in [0.5, 0.6) is 17.2 Å². The summed E-state index contributed by atoms with van der Waals surface area (Å²) < 4.78 is 16.3. The Morgan fingerprint density at radius 1 is 0.929 bits per heavy atom. The van der Waals surface area contributed by atoms with E-state index in [4.69, 9.17) is 25.8 Å². The summed E-state index contributed by atoms with van der Waals surface area (Å²) in [7, 11) is 3.11. The maximum Gasteiger partial charge on any atom is 0.259 e. The van der Waals surface area contributed by atoms with E-state index in [2.05, 4.69) is 5.32 Å². The Labute approximate surface area is 168 Å². The summed E-state index contributed by atoms with van der Waals surface area (Å²) in [6, 6.07) is 19.6. The molecule has 28 heavy (non-hydrogen) atoms. The second-order valence-electron chi connectivity index (χ2n) is 5.97. The fraction of sp³-hybridized carbons (Fsp3) is 0.136. The molecule has 0 atom stereocenters. The van der Waals surface area contributed by atoms with Crippen LogP contribution in [0.3, 0.4) is 0 Å². The molecule has 144 valence electrons. The van der Waals surface area contributed by atoms with Crippen LogP contribution in [0.1, 0.15) is 15.9 Å². The highest BCUT2D eigenvalue weighted by atomic mass is 35.5. The van der Waals surface area contributed by atoms with Gasteiger partial charge in [0.1, 0.15) is 23.9 Å². The number of carbonyl (C=O) groups excluding carboxylic acids is 1. The van der Waals surface area contributed by atoms with Crippen LogP contribution in [-0.4, -0.2) is 20.1 Å². The van der Waals surface area contributed by atoms with Crippen molar-refractivity contribution in [3.05, 3.63) is 82.9 Å². The predicted octanol–water partition coefficient (Wildman–Crippen LogP) is 5.19. The Balaban J connectivity index is 1.76. The van der Waals surface area contributed by atoms with E-state index >= 15 is 0 Å². The average molecular weight is 398 g/mol. The lowest BCUT2D eigenvalue weighted by Gasteiger charge is -2.13. The smallest absolute Gasteiger partial charge is 0.259 e. The highest BCUT2D eigenvalue weighted by molar-refractivity contribution is 6.30. The van der Waals surface area contributed by atoms with Crippen LogP contribution in [-0.2, 0) is 6.61 Å². The van der Waals surface area contributed by atoms with Crippen molar-refractivity contribution in [2.24, 2.45) is 0 Å². The lowest BCUT2D eigenvalue weighted by molar-refractivity contribution is 0.102. The molecule has 0 aromatic heterocycles. The number of carbonyl (C=O) groups is 1. The molecule has 0 heterocycles. The van der Waals surface area contributed by atoms with E-state index in [1.54, 1.807) is 62.8 Å². The second kappa shape index (κ2) is 9.15. The molecule has 0 aliphatic carbocycles. The molecule has 5 nitrogen and oxygen atoms in total. The highest BCUT2D eigenvalue weighted by Crippen LogP contribution is 2.27.